The lowest BCUT2D eigenvalue weighted by atomic mass is 10.1. The summed E-state index contributed by atoms with van der Waals surface area (Å²) in [7, 11) is 0. The van der Waals surface area contributed by atoms with E-state index in [4.69, 9.17) is 9.40 Å². The number of nitrogens with zero attached hydrogens (tertiary/aromatic N) is 3. The van der Waals surface area contributed by atoms with E-state index >= 15 is 0 Å². The number of anilines is 6. The van der Waals surface area contributed by atoms with Crippen LogP contribution in [0.3, 0.4) is 0 Å². The third-order valence-electron chi connectivity index (χ3n) is 9.45. The molecule has 0 spiro atoms. The largest absolute Gasteiger partial charge is 0.451 e. The molecule has 0 aliphatic rings. The van der Waals surface area contributed by atoms with Crippen LogP contribution in [0.1, 0.15) is 0 Å². The van der Waals surface area contributed by atoms with Crippen molar-refractivity contribution >= 4 is 98.5 Å². The fraction of sp³-hybridized carbons (Fsp3) is 0. The number of aromatic nitrogens is 1. The van der Waals surface area contributed by atoms with Crippen molar-refractivity contribution in [2.45, 2.75) is 0 Å². The lowest BCUT2D eigenvalue weighted by Gasteiger charge is -2.33. The van der Waals surface area contributed by atoms with Crippen molar-refractivity contribution in [3.8, 4) is 0 Å². The van der Waals surface area contributed by atoms with E-state index in [-0.39, 0.29) is 0 Å². The monoisotopic (exact) mass is 659 g/mol. The summed E-state index contributed by atoms with van der Waals surface area (Å²) in [5.74, 6) is 0. The fourth-order valence-electron chi connectivity index (χ4n) is 7.24. The molecule has 10 rings (SSSR count). The summed E-state index contributed by atoms with van der Waals surface area (Å²) in [5, 5.41) is 5.57. The first-order valence-corrected chi connectivity index (χ1v) is 17.5. The Bertz CT molecular complexity index is 2790. The zero-order chi connectivity index (χ0) is 33.0. The zero-order valence-electron chi connectivity index (χ0n) is 26.9. The molecule has 236 valence electrons. The quantitative estimate of drug-likeness (QED) is 0.178. The molecule has 0 atom stereocenters. The van der Waals surface area contributed by atoms with Crippen LogP contribution in [0.2, 0.25) is 0 Å². The number of thiophene rings is 1. The molecule has 0 unspecified atom stereocenters. The van der Waals surface area contributed by atoms with Crippen molar-refractivity contribution in [2.75, 3.05) is 9.80 Å². The third-order valence-corrected chi connectivity index (χ3v) is 10.7. The van der Waals surface area contributed by atoms with E-state index in [9.17, 15) is 0 Å². The minimum absolute atomic E-state index is 0.776. The molecular weight excluding hydrogens is 631 g/mol. The van der Waals surface area contributed by atoms with Crippen LogP contribution >= 0.6 is 11.3 Å². The van der Waals surface area contributed by atoms with Crippen molar-refractivity contribution < 1.29 is 4.42 Å². The van der Waals surface area contributed by atoms with Gasteiger partial charge in [-0.05, 0) is 60.7 Å². The molecule has 4 nitrogen and oxygen atoms in total. The molecule has 0 saturated carbocycles. The molecule has 5 heteroatoms. The highest BCUT2D eigenvalue weighted by atomic mass is 32.1. The van der Waals surface area contributed by atoms with E-state index in [0.717, 1.165) is 67.0 Å². The average molecular weight is 660 g/mol. The first-order valence-electron chi connectivity index (χ1n) is 16.7. The van der Waals surface area contributed by atoms with Gasteiger partial charge in [0.15, 0.2) is 11.2 Å². The summed E-state index contributed by atoms with van der Waals surface area (Å²) >= 11 is 1.83. The number of para-hydroxylation sites is 3. The lowest BCUT2D eigenvalue weighted by molar-refractivity contribution is 0.672. The Kier molecular flexibility index (Phi) is 6.64. The number of fused-ring (bicyclic) bond motifs is 8. The van der Waals surface area contributed by atoms with Gasteiger partial charge in [-0.3, -0.25) is 4.98 Å². The summed E-state index contributed by atoms with van der Waals surface area (Å²) in [5.41, 5.74) is 8.56. The normalized spacial score (nSPS) is 11.6. The van der Waals surface area contributed by atoms with Crippen molar-refractivity contribution in [3.63, 3.8) is 0 Å². The molecule has 0 saturated heterocycles. The van der Waals surface area contributed by atoms with Crippen molar-refractivity contribution in [3.05, 3.63) is 176 Å². The Hall–Kier alpha value is -6.43. The molecule has 0 fully saturated rings. The summed E-state index contributed by atoms with van der Waals surface area (Å²) in [4.78, 5) is 9.69. The van der Waals surface area contributed by atoms with E-state index < -0.39 is 0 Å². The Balaban J connectivity index is 1.36. The maximum Gasteiger partial charge on any atom is 0.163 e. The van der Waals surface area contributed by atoms with Crippen LogP contribution in [0.5, 0.6) is 0 Å². The minimum Gasteiger partial charge on any atom is -0.451 e. The van der Waals surface area contributed by atoms with E-state index in [1.165, 1.54) is 20.2 Å². The van der Waals surface area contributed by atoms with Gasteiger partial charge in [-0.2, -0.15) is 0 Å². The predicted octanol–water partition coefficient (Wildman–Crippen LogP) is 13.4. The second kappa shape index (κ2) is 11.6. The number of benzene rings is 7. The van der Waals surface area contributed by atoms with Gasteiger partial charge in [0.05, 0.1) is 16.1 Å². The molecule has 7 aromatic carbocycles. The number of hydrogen-bond donors (Lipinski definition) is 0. The van der Waals surface area contributed by atoms with Crippen molar-refractivity contribution in [1.82, 2.24) is 4.98 Å². The zero-order valence-corrected chi connectivity index (χ0v) is 27.7. The second-order valence-electron chi connectivity index (χ2n) is 12.4. The topological polar surface area (TPSA) is 32.5 Å². The number of rotatable bonds is 6. The van der Waals surface area contributed by atoms with Gasteiger partial charge in [0, 0.05) is 54.9 Å². The van der Waals surface area contributed by atoms with Gasteiger partial charge in [0.2, 0.25) is 0 Å². The Morgan fingerprint density at radius 3 is 1.76 bits per heavy atom. The summed E-state index contributed by atoms with van der Waals surface area (Å²) in [6.07, 6.45) is 1.95. The Morgan fingerprint density at radius 1 is 0.440 bits per heavy atom. The Labute approximate surface area is 292 Å². The van der Waals surface area contributed by atoms with Gasteiger partial charge < -0.3 is 14.2 Å². The second-order valence-corrected chi connectivity index (χ2v) is 13.4. The number of pyridine rings is 1. The molecule has 0 aliphatic heterocycles. The molecule has 0 radical (unpaired) electrons. The van der Waals surface area contributed by atoms with Gasteiger partial charge in [-0.25, -0.2) is 0 Å². The summed E-state index contributed by atoms with van der Waals surface area (Å²) in [6.45, 7) is 0. The van der Waals surface area contributed by atoms with Gasteiger partial charge in [0.25, 0.3) is 0 Å². The van der Waals surface area contributed by atoms with Crippen LogP contribution in [0.4, 0.5) is 34.1 Å². The molecule has 3 aromatic heterocycles. The smallest absolute Gasteiger partial charge is 0.163 e. The first kappa shape index (κ1) is 28.6. The number of furan rings is 1. The van der Waals surface area contributed by atoms with Crippen LogP contribution in [-0.4, -0.2) is 4.98 Å². The van der Waals surface area contributed by atoms with Crippen LogP contribution in [0.15, 0.2) is 180 Å². The van der Waals surface area contributed by atoms with E-state index in [1.807, 2.05) is 23.6 Å². The molecular formula is C45H29N3OS. The fourth-order valence-corrected chi connectivity index (χ4v) is 8.44. The van der Waals surface area contributed by atoms with Gasteiger partial charge in [0.1, 0.15) is 11.2 Å². The maximum absolute atomic E-state index is 7.09. The highest BCUT2D eigenvalue weighted by molar-refractivity contribution is 7.26. The summed E-state index contributed by atoms with van der Waals surface area (Å²) < 4.78 is 9.59. The third kappa shape index (κ3) is 4.48. The standard InChI is InChI=1S/C45H29N3OS/c1-4-16-31(17-5-1)47(32-18-6-2-7-19-32)42-38(28-27-37-41-43(49-44(37)42)34-22-11-10-15-30(34)29-46-41)48(33-20-8-3-9-21-33)39-25-14-24-36-35-23-12-13-26-40(35)50-45(36)39/h1-29H. The maximum atomic E-state index is 7.09. The molecule has 10 aromatic rings. The average Bonchev–Trinajstić information content (AvgIpc) is 3.77. The summed E-state index contributed by atoms with van der Waals surface area (Å²) in [6, 6.07) is 59.8. The van der Waals surface area contributed by atoms with Gasteiger partial charge >= 0.3 is 0 Å². The molecule has 0 amide bonds. The van der Waals surface area contributed by atoms with E-state index in [2.05, 4.69) is 174 Å². The molecule has 0 N–H and O–H groups in total. The van der Waals surface area contributed by atoms with Crippen molar-refractivity contribution in [2.24, 2.45) is 0 Å². The van der Waals surface area contributed by atoms with Crippen LogP contribution in [-0.2, 0) is 0 Å². The predicted molar refractivity (Wildman–Crippen MR) is 211 cm³/mol. The molecule has 0 bridgehead atoms. The van der Waals surface area contributed by atoms with Crippen LogP contribution in [0, 0.1) is 0 Å². The van der Waals surface area contributed by atoms with Crippen LogP contribution < -0.4 is 9.80 Å². The SMILES string of the molecule is c1ccc(N(c2ccccc2)c2c(N(c3ccccc3)c3cccc4c3sc3ccccc34)ccc3c2oc2c4ccccc4cnc32)cc1. The first-order chi connectivity index (χ1) is 24.8. The van der Waals surface area contributed by atoms with Crippen LogP contribution in [0.25, 0.3) is 53.0 Å². The van der Waals surface area contributed by atoms with Gasteiger partial charge in [-0.15, -0.1) is 11.3 Å². The lowest BCUT2D eigenvalue weighted by Crippen LogP contribution is -2.17. The Morgan fingerprint density at radius 2 is 1.04 bits per heavy atom. The molecule has 3 heterocycles. The minimum atomic E-state index is 0.776. The van der Waals surface area contributed by atoms with E-state index in [0.29, 0.717) is 0 Å². The number of hydrogen-bond acceptors (Lipinski definition) is 5. The highest BCUT2D eigenvalue weighted by Crippen LogP contribution is 2.52. The molecule has 50 heavy (non-hydrogen) atoms. The van der Waals surface area contributed by atoms with E-state index in [1.54, 1.807) is 0 Å². The van der Waals surface area contributed by atoms with Gasteiger partial charge in [-0.1, -0.05) is 109 Å². The van der Waals surface area contributed by atoms with Crippen molar-refractivity contribution in [1.29, 1.82) is 0 Å². The molecule has 0 aliphatic carbocycles. The highest BCUT2D eigenvalue weighted by Gasteiger charge is 2.29.